The largest absolute Gasteiger partial charge is 0.484 e. The molecule has 29 heavy (non-hydrogen) atoms. The van der Waals surface area contributed by atoms with Crippen LogP contribution in [0.4, 0.5) is 13.2 Å². The molecule has 1 fully saturated rings. The minimum absolute atomic E-state index is 0. The summed E-state index contributed by atoms with van der Waals surface area (Å²) in [5.41, 5.74) is 0.891. The third-order valence-electron chi connectivity index (χ3n) is 4.50. The standard InChI is InChI=1S/C19H28F3N3O2S.HI/c1-3-23-17(25-13-18(28-2)8-10-26-11-9-18)24-12-15-4-6-16(7-5-15)27-14-19(20,21)22;/h4-7H,3,8-14H2,1-2H3,(H2,23,24,25);1H. The van der Waals surface area contributed by atoms with E-state index in [9.17, 15) is 13.2 Å². The lowest BCUT2D eigenvalue weighted by molar-refractivity contribution is -0.153. The van der Waals surface area contributed by atoms with E-state index in [1.54, 1.807) is 12.1 Å². The first-order valence-corrected chi connectivity index (χ1v) is 10.5. The van der Waals surface area contributed by atoms with Crippen LogP contribution in [0.5, 0.6) is 5.75 Å². The Morgan fingerprint density at radius 1 is 1.21 bits per heavy atom. The molecule has 1 aromatic rings. The van der Waals surface area contributed by atoms with Crippen LogP contribution in [0.3, 0.4) is 0 Å². The van der Waals surface area contributed by atoms with Crippen molar-refractivity contribution < 1.29 is 22.6 Å². The number of ether oxygens (including phenoxy) is 2. The summed E-state index contributed by atoms with van der Waals surface area (Å²) in [5, 5.41) is 6.64. The predicted molar refractivity (Wildman–Crippen MR) is 123 cm³/mol. The highest BCUT2D eigenvalue weighted by Crippen LogP contribution is 2.32. The van der Waals surface area contributed by atoms with Crippen LogP contribution in [-0.4, -0.2) is 56.0 Å². The quantitative estimate of drug-likeness (QED) is 0.290. The minimum atomic E-state index is -4.34. The molecule has 0 amide bonds. The van der Waals surface area contributed by atoms with Crippen molar-refractivity contribution in [3.8, 4) is 5.75 Å². The molecule has 0 bridgehead atoms. The third kappa shape index (κ3) is 9.65. The number of nitrogens with zero attached hydrogens (tertiary/aromatic N) is 1. The summed E-state index contributed by atoms with van der Waals surface area (Å²) in [6.07, 6.45) is -0.215. The topological polar surface area (TPSA) is 54.9 Å². The van der Waals surface area contributed by atoms with Gasteiger partial charge in [-0.05, 0) is 43.7 Å². The molecule has 1 saturated heterocycles. The number of nitrogens with one attached hydrogen (secondary N) is 2. The summed E-state index contributed by atoms with van der Waals surface area (Å²) < 4.78 is 46.9. The molecule has 10 heteroatoms. The molecule has 0 aromatic heterocycles. The van der Waals surface area contributed by atoms with Crippen LogP contribution in [0.15, 0.2) is 29.3 Å². The van der Waals surface area contributed by atoms with Gasteiger partial charge in [-0.2, -0.15) is 24.9 Å². The van der Waals surface area contributed by atoms with Gasteiger partial charge in [-0.25, -0.2) is 4.99 Å². The van der Waals surface area contributed by atoms with Crippen LogP contribution < -0.4 is 15.4 Å². The van der Waals surface area contributed by atoms with Gasteiger partial charge in [0.1, 0.15) is 5.75 Å². The molecule has 0 spiro atoms. The molecule has 0 atom stereocenters. The number of aliphatic imine (C=N–C) groups is 1. The smallest absolute Gasteiger partial charge is 0.422 e. The van der Waals surface area contributed by atoms with Gasteiger partial charge in [0.2, 0.25) is 0 Å². The molecule has 2 N–H and O–H groups in total. The van der Waals surface area contributed by atoms with E-state index in [4.69, 9.17) is 9.47 Å². The predicted octanol–water partition coefficient (Wildman–Crippen LogP) is 4.21. The maximum atomic E-state index is 12.2. The summed E-state index contributed by atoms with van der Waals surface area (Å²) in [7, 11) is 0. The number of benzene rings is 1. The first kappa shape index (κ1) is 26.2. The molecule has 1 aliphatic heterocycles. The van der Waals surface area contributed by atoms with Crippen LogP contribution in [0.1, 0.15) is 25.3 Å². The second-order valence-electron chi connectivity index (χ2n) is 6.60. The number of hydrogen-bond donors (Lipinski definition) is 2. The van der Waals surface area contributed by atoms with Crippen molar-refractivity contribution in [1.29, 1.82) is 0 Å². The van der Waals surface area contributed by atoms with E-state index >= 15 is 0 Å². The highest BCUT2D eigenvalue weighted by atomic mass is 127. The van der Waals surface area contributed by atoms with Crippen LogP contribution in [-0.2, 0) is 11.3 Å². The van der Waals surface area contributed by atoms with Gasteiger partial charge in [0.15, 0.2) is 12.6 Å². The lowest BCUT2D eigenvalue weighted by atomic mass is 9.99. The van der Waals surface area contributed by atoms with Gasteiger partial charge in [0.05, 0.1) is 6.54 Å². The Hall–Kier alpha value is -0.880. The number of thioether (sulfide) groups is 1. The summed E-state index contributed by atoms with van der Waals surface area (Å²) in [6, 6.07) is 6.50. The van der Waals surface area contributed by atoms with Gasteiger partial charge in [-0.15, -0.1) is 24.0 Å². The minimum Gasteiger partial charge on any atom is -0.484 e. The summed E-state index contributed by atoms with van der Waals surface area (Å²) >= 11 is 1.86. The first-order chi connectivity index (χ1) is 13.4. The third-order valence-corrected chi connectivity index (χ3v) is 5.92. The first-order valence-electron chi connectivity index (χ1n) is 9.29. The zero-order chi connectivity index (χ0) is 20.5. The lowest BCUT2D eigenvalue weighted by Crippen LogP contribution is -2.47. The van der Waals surface area contributed by atoms with Crippen molar-refractivity contribution in [2.24, 2.45) is 4.99 Å². The van der Waals surface area contributed by atoms with Crippen molar-refractivity contribution >= 4 is 41.7 Å². The monoisotopic (exact) mass is 547 g/mol. The Bertz CT molecular complexity index is 624. The van der Waals surface area contributed by atoms with E-state index in [1.807, 2.05) is 18.7 Å². The maximum Gasteiger partial charge on any atom is 0.422 e. The zero-order valence-corrected chi connectivity index (χ0v) is 19.8. The summed E-state index contributed by atoms with van der Waals surface area (Å²) in [4.78, 5) is 4.58. The molecule has 1 heterocycles. The molecule has 0 radical (unpaired) electrons. The van der Waals surface area contributed by atoms with Gasteiger partial charge in [0.25, 0.3) is 0 Å². The highest BCUT2D eigenvalue weighted by molar-refractivity contribution is 14.0. The van der Waals surface area contributed by atoms with Crippen LogP contribution in [0, 0.1) is 0 Å². The SMILES string of the molecule is CCNC(=NCc1ccc(OCC(F)(F)F)cc1)NCC1(SC)CCOCC1.I. The van der Waals surface area contributed by atoms with Crippen LogP contribution >= 0.6 is 35.7 Å². The number of rotatable bonds is 8. The number of halogens is 4. The fourth-order valence-corrected chi connectivity index (χ4v) is 3.60. The Morgan fingerprint density at radius 2 is 1.86 bits per heavy atom. The van der Waals surface area contributed by atoms with Gasteiger partial charge >= 0.3 is 6.18 Å². The molecule has 166 valence electrons. The molecule has 0 aliphatic carbocycles. The van der Waals surface area contributed by atoms with E-state index in [1.165, 1.54) is 12.1 Å². The second-order valence-corrected chi connectivity index (χ2v) is 7.87. The van der Waals surface area contributed by atoms with E-state index in [0.29, 0.717) is 6.54 Å². The van der Waals surface area contributed by atoms with Gasteiger partial charge in [0, 0.05) is 31.1 Å². The van der Waals surface area contributed by atoms with Crippen molar-refractivity contribution in [2.45, 2.75) is 37.2 Å². The second kappa shape index (κ2) is 12.7. The molecular formula is C19H29F3IN3O2S. The van der Waals surface area contributed by atoms with Gasteiger partial charge in [-0.1, -0.05) is 12.1 Å². The number of hydrogen-bond acceptors (Lipinski definition) is 4. The van der Waals surface area contributed by atoms with Crippen molar-refractivity contribution in [3.05, 3.63) is 29.8 Å². The van der Waals surface area contributed by atoms with Crippen molar-refractivity contribution in [1.82, 2.24) is 10.6 Å². The molecule has 2 rings (SSSR count). The lowest BCUT2D eigenvalue weighted by Gasteiger charge is -2.36. The van der Waals surface area contributed by atoms with Gasteiger partial charge in [-0.3, -0.25) is 0 Å². The summed E-state index contributed by atoms with van der Waals surface area (Å²) in [5.74, 6) is 0.913. The van der Waals surface area contributed by atoms with Crippen LogP contribution in [0.25, 0.3) is 0 Å². The fourth-order valence-electron chi connectivity index (χ4n) is 2.81. The van der Waals surface area contributed by atoms with Gasteiger partial charge < -0.3 is 20.1 Å². The molecule has 0 unspecified atom stereocenters. The zero-order valence-electron chi connectivity index (χ0n) is 16.7. The Balaban J connectivity index is 0.00000420. The molecule has 0 saturated carbocycles. The Labute approximate surface area is 191 Å². The highest BCUT2D eigenvalue weighted by Gasteiger charge is 2.31. The number of alkyl halides is 3. The molecule has 1 aliphatic rings. The van der Waals surface area contributed by atoms with Crippen molar-refractivity contribution in [3.63, 3.8) is 0 Å². The fraction of sp³-hybridized carbons (Fsp3) is 0.632. The normalized spacial score (nSPS) is 16.7. The molecule has 5 nitrogen and oxygen atoms in total. The van der Waals surface area contributed by atoms with E-state index in [-0.39, 0.29) is 34.5 Å². The molecular weight excluding hydrogens is 518 g/mol. The molecule has 1 aromatic carbocycles. The van der Waals surface area contributed by atoms with E-state index < -0.39 is 12.8 Å². The average Bonchev–Trinajstić information content (AvgIpc) is 2.69. The average molecular weight is 547 g/mol. The summed E-state index contributed by atoms with van der Waals surface area (Å²) in [6.45, 7) is 4.23. The van der Waals surface area contributed by atoms with E-state index in [2.05, 4.69) is 21.9 Å². The van der Waals surface area contributed by atoms with Crippen molar-refractivity contribution in [2.75, 3.05) is 39.2 Å². The van der Waals surface area contributed by atoms with E-state index in [0.717, 1.165) is 50.7 Å². The Morgan fingerprint density at radius 3 is 2.41 bits per heavy atom. The number of guanidine groups is 1. The Kier molecular flexibility index (Phi) is 11.5. The van der Waals surface area contributed by atoms with Crippen LogP contribution in [0.2, 0.25) is 0 Å². The maximum absolute atomic E-state index is 12.2.